The van der Waals surface area contributed by atoms with E-state index in [9.17, 15) is 9.59 Å². The summed E-state index contributed by atoms with van der Waals surface area (Å²) in [4.78, 5) is 24.8. The highest BCUT2D eigenvalue weighted by Crippen LogP contribution is 2.26. The Hall–Kier alpha value is -3.42. The number of rotatable bonds is 4. The van der Waals surface area contributed by atoms with Crippen molar-refractivity contribution in [2.75, 3.05) is 31.4 Å². The largest absolute Gasteiger partial charge is 0.497 e. The summed E-state index contributed by atoms with van der Waals surface area (Å²) in [5, 5.41) is 14.6. The second-order valence-corrected chi connectivity index (χ2v) is 6.12. The van der Waals surface area contributed by atoms with E-state index in [2.05, 4.69) is 10.6 Å². The molecule has 2 aromatic rings. The number of amides is 3. The SMILES string of the molecule is COc1cc(NC(=O)Nc2ccc3c(c2)CCN(C(=O)O)C3)cc(OC)c1. The summed E-state index contributed by atoms with van der Waals surface area (Å²) >= 11 is 0. The van der Waals surface area contributed by atoms with Crippen LogP contribution in [-0.2, 0) is 13.0 Å². The third-order valence-corrected chi connectivity index (χ3v) is 4.36. The number of nitrogens with zero attached hydrogens (tertiary/aromatic N) is 1. The molecule has 1 heterocycles. The van der Waals surface area contributed by atoms with Crippen LogP contribution in [-0.4, -0.2) is 42.9 Å². The summed E-state index contributed by atoms with van der Waals surface area (Å²) in [5.41, 5.74) is 3.17. The summed E-state index contributed by atoms with van der Waals surface area (Å²) in [6.45, 7) is 0.808. The van der Waals surface area contributed by atoms with E-state index in [1.807, 2.05) is 12.1 Å². The second-order valence-electron chi connectivity index (χ2n) is 6.12. The number of carbonyl (C=O) groups is 2. The van der Waals surface area contributed by atoms with E-state index < -0.39 is 12.1 Å². The molecule has 0 fully saturated rings. The van der Waals surface area contributed by atoms with Crippen LogP contribution in [0.25, 0.3) is 0 Å². The molecule has 0 saturated carbocycles. The van der Waals surface area contributed by atoms with Crippen LogP contribution in [0.4, 0.5) is 21.0 Å². The van der Waals surface area contributed by atoms with Gasteiger partial charge in [0.25, 0.3) is 0 Å². The molecule has 0 bridgehead atoms. The topological polar surface area (TPSA) is 100 Å². The molecule has 0 radical (unpaired) electrons. The fourth-order valence-electron chi connectivity index (χ4n) is 2.97. The maximum atomic E-state index is 12.3. The number of methoxy groups -OCH3 is 2. The third kappa shape index (κ3) is 4.41. The van der Waals surface area contributed by atoms with E-state index in [1.165, 1.54) is 19.1 Å². The van der Waals surface area contributed by atoms with Gasteiger partial charge in [-0.15, -0.1) is 0 Å². The number of nitrogens with one attached hydrogen (secondary N) is 2. The van der Waals surface area contributed by atoms with E-state index in [4.69, 9.17) is 14.6 Å². The van der Waals surface area contributed by atoms with Crippen LogP contribution in [0, 0.1) is 0 Å². The monoisotopic (exact) mass is 371 g/mol. The van der Waals surface area contributed by atoms with Crippen LogP contribution in [0.15, 0.2) is 36.4 Å². The van der Waals surface area contributed by atoms with Gasteiger partial charge in [-0.05, 0) is 29.7 Å². The number of hydrogen-bond acceptors (Lipinski definition) is 4. The lowest BCUT2D eigenvalue weighted by molar-refractivity contribution is 0.140. The number of anilines is 2. The zero-order chi connectivity index (χ0) is 19.4. The lowest BCUT2D eigenvalue weighted by Gasteiger charge is -2.26. The lowest BCUT2D eigenvalue weighted by atomic mass is 9.99. The standard InChI is InChI=1S/C19H21N3O5/c1-26-16-8-15(9-17(10-16)27-2)21-18(23)20-14-4-3-13-11-22(19(24)25)6-5-12(13)7-14/h3-4,7-10H,5-6,11H2,1-2H3,(H,24,25)(H2,20,21,23). The Balaban J connectivity index is 1.68. The van der Waals surface area contributed by atoms with Crippen molar-refractivity contribution in [2.45, 2.75) is 13.0 Å². The minimum atomic E-state index is -0.920. The Kier molecular flexibility index (Phi) is 5.35. The maximum Gasteiger partial charge on any atom is 0.407 e. The van der Waals surface area contributed by atoms with Gasteiger partial charge >= 0.3 is 12.1 Å². The number of benzene rings is 2. The molecule has 0 saturated heterocycles. The minimum Gasteiger partial charge on any atom is -0.497 e. The fourth-order valence-corrected chi connectivity index (χ4v) is 2.97. The molecular formula is C19H21N3O5. The molecule has 1 aliphatic rings. The zero-order valence-corrected chi connectivity index (χ0v) is 15.1. The highest BCUT2D eigenvalue weighted by molar-refractivity contribution is 6.00. The smallest absolute Gasteiger partial charge is 0.407 e. The average Bonchev–Trinajstić information content (AvgIpc) is 2.66. The Labute approximate surface area is 156 Å². The molecule has 1 aliphatic heterocycles. The number of ether oxygens (including phenoxy) is 2. The zero-order valence-electron chi connectivity index (χ0n) is 15.1. The molecule has 142 valence electrons. The Morgan fingerprint density at radius 3 is 2.26 bits per heavy atom. The van der Waals surface area contributed by atoms with Crippen molar-refractivity contribution in [1.29, 1.82) is 0 Å². The van der Waals surface area contributed by atoms with Crippen molar-refractivity contribution in [3.05, 3.63) is 47.5 Å². The van der Waals surface area contributed by atoms with Gasteiger partial charge in [0.2, 0.25) is 0 Å². The molecule has 8 heteroatoms. The van der Waals surface area contributed by atoms with Gasteiger partial charge in [0.1, 0.15) is 11.5 Å². The molecule has 27 heavy (non-hydrogen) atoms. The van der Waals surface area contributed by atoms with Gasteiger partial charge < -0.3 is 30.1 Å². The predicted octanol–water partition coefficient (Wildman–Crippen LogP) is 3.38. The molecule has 0 unspecified atom stereocenters. The van der Waals surface area contributed by atoms with E-state index >= 15 is 0 Å². The first kappa shape index (κ1) is 18.4. The third-order valence-electron chi connectivity index (χ3n) is 4.36. The predicted molar refractivity (Wildman–Crippen MR) is 101 cm³/mol. The highest BCUT2D eigenvalue weighted by atomic mass is 16.5. The number of hydrogen-bond donors (Lipinski definition) is 3. The minimum absolute atomic E-state index is 0.362. The first-order valence-corrected chi connectivity index (χ1v) is 8.39. The van der Waals surface area contributed by atoms with Crippen molar-refractivity contribution < 1.29 is 24.2 Å². The second kappa shape index (κ2) is 7.86. The summed E-state index contributed by atoms with van der Waals surface area (Å²) in [5.74, 6) is 1.14. The first-order valence-electron chi connectivity index (χ1n) is 8.39. The van der Waals surface area contributed by atoms with Gasteiger partial charge in [-0.2, -0.15) is 0 Å². The molecule has 3 N–H and O–H groups in total. The van der Waals surface area contributed by atoms with E-state index in [-0.39, 0.29) is 0 Å². The molecule has 0 aliphatic carbocycles. The van der Waals surface area contributed by atoms with Crippen LogP contribution in [0.5, 0.6) is 11.5 Å². The van der Waals surface area contributed by atoms with Crippen molar-refractivity contribution in [1.82, 2.24) is 4.90 Å². The summed E-state index contributed by atoms with van der Waals surface area (Å²) in [6, 6.07) is 10.2. The Bertz CT molecular complexity index is 846. The van der Waals surface area contributed by atoms with Gasteiger partial charge in [0.05, 0.1) is 14.2 Å². The van der Waals surface area contributed by atoms with Gasteiger partial charge in [0.15, 0.2) is 0 Å². The normalized spacial score (nSPS) is 12.7. The van der Waals surface area contributed by atoms with Crippen molar-refractivity contribution >= 4 is 23.5 Å². The van der Waals surface area contributed by atoms with E-state index in [0.29, 0.717) is 42.4 Å². The first-order chi connectivity index (χ1) is 13.0. The lowest BCUT2D eigenvalue weighted by Crippen LogP contribution is -2.34. The maximum absolute atomic E-state index is 12.3. The number of urea groups is 1. The van der Waals surface area contributed by atoms with Crippen LogP contribution < -0.4 is 20.1 Å². The van der Waals surface area contributed by atoms with Gasteiger partial charge in [0, 0.05) is 42.7 Å². The fraction of sp³-hybridized carbons (Fsp3) is 0.263. The van der Waals surface area contributed by atoms with Crippen LogP contribution in [0.2, 0.25) is 0 Å². The van der Waals surface area contributed by atoms with Crippen molar-refractivity contribution in [3.63, 3.8) is 0 Å². The van der Waals surface area contributed by atoms with Crippen LogP contribution in [0.1, 0.15) is 11.1 Å². The van der Waals surface area contributed by atoms with Crippen LogP contribution >= 0.6 is 0 Å². The number of carboxylic acid groups (broad SMARTS) is 1. The quantitative estimate of drug-likeness (QED) is 0.765. The van der Waals surface area contributed by atoms with E-state index in [0.717, 1.165) is 11.1 Å². The molecule has 3 rings (SSSR count). The summed E-state index contributed by atoms with van der Waals surface area (Å²) < 4.78 is 10.4. The molecule has 3 amide bonds. The van der Waals surface area contributed by atoms with Crippen molar-refractivity contribution in [2.24, 2.45) is 0 Å². The van der Waals surface area contributed by atoms with Gasteiger partial charge in [-0.3, -0.25) is 0 Å². The number of carbonyl (C=O) groups excluding carboxylic acids is 1. The van der Waals surface area contributed by atoms with Crippen molar-refractivity contribution in [3.8, 4) is 11.5 Å². The van der Waals surface area contributed by atoms with E-state index in [1.54, 1.807) is 24.3 Å². The Morgan fingerprint density at radius 2 is 1.63 bits per heavy atom. The molecule has 0 aromatic heterocycles. The van der Waals surface area contributed by atoms with Gasteiger partial charge in [-0.1, -0.05) is 6.07 Å². The molecule has 8 nitrogen and oxygen atoms in total. The van der Waals surface area contributed by atoms with Crippen LogP contribution in [0.3, 0.4) is 0 Å². The average molecular weight is 371 g/mol. The molecule has 2 aromatic carbocycles. The molecule has 0 spiro atoms. The van der Waals surface area contributed by atoms with Gasteiger partial charge in [-0.25, -0.2) is 9.59 Å². The number of fused-ring (bicyclic) bond motifs is 1. The Morgan fingerprint density at radius 1 is 0.963 bits per heavy atom. The molecular weight excluding hydrogens is 350 g/mol. The highest BCUT2D eigenvalue weighted by Gasteiger charge is 2.20. The summed E-state index contributed by atoms with van der Waals surface area (Å²) in [7, 11) is 3.08. The molecule has 0 atom stereocenters. The summed E-state index contributed by atoms with van der Waals surface area (Å²) in [6.07, 6.45) is -0.303.